The fourth-order valence-corrected chi connectivity index (χ4v) is 2.05. The van der Waals surface area contributed by atoms with Crippen LogP contribution in [0.15, 0.2) is 24.3 Å². The van der Waals surface area contributed by atoms with Gasteiger partial charge in [0, 0.05) is 18.0 Å². The van der Waals surface area contributed by atoms with Gasteiger partial charge in [-0.2, -0.15) is 0 Å². The summed E-state index contributed by atoms with van der Waals surface area (Å²) in [6.07, 6.45) is 1.84. The first-order chi connectivity index (χ1) is 8.58. The molecule has 0 aromatic heterocycles. The number of nitrogens with one attached hydrogen (secondary N) is 1. The third-order valence-corrected chi connectivity index (χ3v) is 3.52. The van der Waals surface area contributed by atoms with E-state index in [2.05, 4.69) is 12.2 Å². The van der Waals surface area contributed by atoms with E-state index in [1.807, 2.05) is 24.3 Å². The zero-order chi connectivity index (χ0) is 13.1. The number of hydrogen-bond donors (Lipinski definition) is 1. The van der Waals surface area contributed by atoms with Crippen LogP contribution in [0.3, 0.4) is 0 Å². The summed E-state index contributed by atoms with van der Waals surface area (Å²) in [5, 5.41) is 2.95. The molecule has 1 saturated carbocycles. The van der Waals surface area contributed by atoms with Crippen molar-refractivity contribution in [1.82, 2.24) is 5.32 Å². The Labute approximate surface area is 108 Å². The van der Waals surface area contributed by atoms with Gasteiger partial charge < -0.3 is 5.32 Å². The molecule has 3 heteroatoms. The molecule has 1 aliphatic carbocycles. The maximum atomic E-state index is 11.6. The van der Waals surface area contributed by atoms with Gasteiger partial charge in [0.25, 0.3) is 0 Å². The van der Waals surface area contributed by atoms with E-state index in [-0.39, 0.29) is 17.6 Å². The van der Waals surface area contributed by atoms with Gasteiger partial charge >= 0.3 is 0 Å². The molecule has 1 aromatic rings. The van der Waals surface area contributed by atoms with Crippen molar-refractivity contribution in [2.24, 2.45) is 11.8 Å². The van der Waals surface area contributed by atoms with Gasteiger partial charge in [-0.25, -0.2) is 0 Å². The third kappa shape index (κ3) is 3.19. The van der Waals surface area contributed by atoms with Gasteiger partial charge in [-0.3, -0.25) is 9.59 Å². The first kappa shape index (κ1) is 12.8. The number of carbonyl (C=O) groups excluding carboxylic acids is 2. The van der Waals surface area contributed by atoms with Gasteiger partial charge in [0.15, 0.2) is 5.78 Å². The van der Waals surface area contributed by atoms with Crippen molar-refractivity contribution in [2.75, 3.05) is 6.54 Å². The fraction of sp³-hybridized carbons (Fsp3) is 0.467. The van der Waals surface area contributed by atoms with Crippen LogP contribution in [0.2, 0.25) is 0 Å². The molecule has 3 nitrogen and oxygen atoms in total. The van der Waals surface area contributed by atoms with Gasteiger partial charge in [-0.15, -0.1) is 0 Å². The van der Waals surface area contributed by atoms with Crippen LogP contribution in [-0.2, 0) is 11.2 Å². The van der Waals surface area contributed by atoms with Crippen LogP contribution >= 0.6 is 0 Å². The van der Waals surface area contributed by atoms with Crippen molar-refractivity contribution in [2.45, 2.75) is 26.7 Å². The average Bonchev–Trinajstić information content (AvgIpc) is 3.07. The van der Waals surface area contributed by atoms with Crippen LogP contribution in [0.4, 0.5) is 0 Å². The highest BCUT2D eigenvalue weighted by atomic mass is 16.2. The molecule has 1 aromatic carbocycles. The highest BCUT2D eigenvalue weighted by Crippen LogP contribution is 2.37. The molecule has 0 bridgehead atoms. The summed E-state index contributed by atoms with van der Waals surface area (Å²) in [6, 6.07) is 7.57. The van der Waals surface area contributed by atoms with Gasteiger partial charge in [0.1, 0.15) is 0 Å². The number of rotatable bonds is 5. The van der Waals surface area contributed by atoms with Crippen LogP contribution in [0.1, 0.15) is 36.2 Å². The minimum atomic E-state index is 0.0811. The number of carbonyl (C=O) groups is 2. The molecule has 0 spiro atoms. The smallest absolute Gasteiger partial charge is 0.223 e. The van der Waals surface area contributed by atoms with Gasteiger partial charge in [-0.05, 0) is 31.2 Å². The van der Waals surface area contributed by atoms with Crippen molar-refractivity contribution in [1.29, 1.82) is 0 Å². The summed E-state index contributed by atoms with van der Waals surface area (Å²) in [5.74, 6) is 1.06. The second-order valence-corrected chi connectivity index (χ2v) is 5.11. The molecule has 1 fully saturated rings. The number of ketones is 1. The topological polar surface area (TPSA) is 46.2 Å². The van der Waals surface area contributed by atoms with Crippen molar-refractivity contribution in [3.63, 3.8) is 0 Å². The van der Waals surface area contributed by atoms with E-state index < -0.39 is 0 Å². The quantitative estimate of drug-likeness (QED) is 0.808. The lowest BCUT2D eigenvalue weighted by atomic mass is 10.1. The SMILES string of the molecule is CC(=O)c1ccc(CCNC(=O)[C@@H]2C[C@H]2C)cc1. The summed E-state index contributed by atoms with van der Waals surface area (Å²) in [6.45, 7) is 4.33. The van der Waals surface area contributed by atoms with Crippen LogP contribution in [0.25, 0.3) is 0 Å². The molecule has 1 amide bonds. The number of hydrogen-bond acceptors (Lipinski definition) is 2. The highest BCUT2D eigenvalue weighted by Gasteiger charge is 2.38. The molecule has 2 atom stereocenters. The Morgan fingerprint density at radius 3 is 2.39 bits per heavy atom. The average molecular weight is 245 g/mol. The minimum Gasteiger partial charge on any atom is -0.356 e. The molecule has 0 saturated heterocycles. The molecule has 0 aliphatic heterocycles. The van der Waals surface area contributed by atoms with Crippen molar-refractivity contribution >= 4 is 11.7 Å². The lowest BCUT2D eigenvalue weighted by Crippen LogP contribution is -2.27. The third-order valence-electron chi connectivity index (χ3n) is 3.52. The maximum Gasteiger partial charge on any atom is 0.223 e. The van der Waals surface area contributed by atoms with E-state index in [1.165, 1.54) is 0 Å². The Balaban J connectivity index is 1.76. The molecular weight excluding hydrogens is 226 g/mol. The second-order valence-electron chi connectivity index (χ2n) is 5.11. The van der Waals surface area contributed by atoms with E-state index >= 15 is 0 Å². The van der Waals surface area contributed by atoms with Gasteiger partial charge in [0.05, 0.1) is 0 Å². The van der Waals surface area contributed by atoms with Crippen molar-refractivity contribution < 1.29 is 9.59 Å². The lowest BCUT2D eigenvalue weighted by Gasteiger charge is -2.05. The van der Waals surface area contributed by atoms with Crippen LogP contribution in [0, 0.1) is 11.8 Å². The van der Waals surface area contributed by atoms with E-state index in [1.54, 1.807) is 6.92 Å². The number of benzene rings is 1. The minimum absolute atomic E-state index is 0.0811. The van der Waals surface area contributed by atoms with E-state index in [9.17, 15) is 9.59 Å². The summed E-state index contributed by atoms with van der Waals surface area (Å²) >= 11 is 0. The van der Waals surface area contributed by atoms with Crippen LogP contribution in [0.5, 0.6) is 0 Å². The largest absolute Gasteiger partial charge is 0.356 e. The molecule has 1 N–H and O–H groups in total. The normalized spacial score (nSPS) is 21.4. The zero-order valence-corrected chi connectivity index (χ0v) is 10.9. The van der Waals surface area contributed by atoms with Gasteiger partial charge in [-0.1, -0.05) is 31.2 Å². The summed E-state index contributed by atoms with van der Waals surface area (Å²) in [4.78, 5) is 22.7. The van der Waals surface area contributed by atoms with Crippen LogP contribution < -0.4 is 5.32 Å². The molecular formula is C15H19NO2. The Morgan fingerprint density at radius 1 is 1.28 bits per heavy atom. The summed E-state index contributed by atoms with van der Waals surface area (Å²) in [5.41, 5.74) is 1.87. The van der Waals surface area contributed by atoms with Crippen molar-refractivity contribution in [3.05, 3.63) is 35.4 Å². The van der Waals surface area contributed by atoms with Gasteiger partial charge in [0.2, 0.25) is 5.91 Å². The molecule has 18 heavy (non-hydrogen) atoms. The first-order valence-electron chi connectivity index (χ1n) is 6.45. The second kappa shape index (κ2) is 5.34. The summed E-state index contributed by atoms with van der Waals surface area (Å²) in [7, 11) is 0. The van der Waals surface area contributed by atoms with Crippen LogP contribution in [-0.4, -0.2) is 18.2 Å². The standard InChI is InChI=1S/C15H19NO2/c1-10-9-14(10)15(18)16-8-7-12-3-5-13(6-4-12)11(2)17/h3-6,10,14H,7-9H2,1-2H3,(H,16,18)/t10-,14-/m1/s1. The molecule has 0 heterocycles. The first-order valence-corrected chi connectivity index (χ1v) is 6.45. The Hall–Kier alpha value is -1.64. The van der Waals surface area contributed by atoms with E-state index in [0.717, 1.165) is 24.0 Å². The number of amides is 1. The predicted octanol–water partition coefficient (Wildman–Crippen LogP) is 2.20. The molecule has 2 rings (SSSR count). The summed E-state index contributed by atoms with van der Waals surface area (Å²) < 4.78 is 0. The molecule has 0 unspecified atom stereocenters. The molecule has 1 aliphatic rings. The maximum absolute atomic E-state index is 11.6. The highest BCUT2D eigenvalue weighted by molar-refractivity contribution is 5.94. The Morgan fingerprint density at radius 2 is 1.89 bits per heavy atom. The molecule has 96 valence electrons. The Kier molecular flexibility index (Phi) is 3.80. The fourth-order valence-electron chi connectivity index (χ4n) is 2.05. The predicted molar refractivity (Wildman–Crippen MR) is 70.4 cm³/mol. The number of Topliss-reactive ketones (excluding diaryl/α,β-unsaturated/α-hetero) is 1. The van der Waals surface area contributed by atoms with E-state index in [0.29, 0.717) is 12.5 Å². The van der Waals surface area contributed by atoms with E-state index in [4.69, 9.17) is 0 Å². The van der Waals surface area contributed by atoms with Crippen molar-refractivity contribution in [3.8, 4) is 0 Å². The lowest BCUT2D eigenvalue weighted by molar-refractivity contribution is -0.122. The Bertz CT molecular complexity index is 450. The monoisotopic (exact) mass is 245 g/mol. The zero-order valence-electron chi connectivity index (χ0n) is 10.9. The molecule has 0 radical (unpaired) electrons.